The highest BCUT2D eigenvalue weighted by atomic mass is 16.3. The lowest BCUT2D eigenvalue weighted by atomic mass is 9.96. The van der Waals surface area contributed by atoms with Crippen molar-refractivity contribution in [3.63, 3.8) is 0 Å². The van der Waals surface area contributed by atoms with E-state index in [4.69, 9.17) is 15.3 Å². The fourth-order valence-corrected chi connectivity index (χ4v) is 0.818. The topological polar surface area (TPSA) is 80.9 Å². The number of hydrogen-bond acceptors (Lipinski definition) is 4. The molecule has 0 aromatic carbocycles. The Bertz CT molecular complexity index is 96.4. The average Bonchev–Trinajstić information content (AvgIpc) is 2.02. The van der Waals surface area contributed by atoms with Gasteiger partial charge in [0.1, 0.15) is 0 Å². The molecule has 68 valence electrons. The van der Waals surface area contributed by atoms with Crippen LogP contribution in [-0.4, -0.2) is 45.8 Å². The van der Waals surface area contributed by atoms with E-state index in [1.807, 2.05) is 0 Å². The van der Waals surface area contributed by atoms with Crippen LogP contribution in [0.2, 0.25) is 0 Å². The molecule has 3 atom stereocenters. The van der Waals surface area contributed by atoms with Crippen LogP contribution >= 0.6 is 0 Å². The third kappa shape index (κ3) is 3.67. The van der Waals surface area contributed by atoms with Crippen LogP contribution in [0.5, 0.6) is 0 Å². The van der Waals surface area contributed by atoms with E-state index >= 15 is 0 Å². The van der Waals surface area contributed by atoms with Gasteiger partial charge in [0.15, 0.2) is 0 Å². The van der Waals surface area contributed by atoms with Crippen molar-refractivity contribution in [2.45, 2.75) is 25.6 Å². The van der Waals surface area contributed by atoms with Crippen molar-refractivity contribution in [1.82, 2.24) is 0 Å². The summed E-state index contributed by atoms with van der Waals surface area (Å²) in [6, 6.07) is 0. The molecule has 4 heteroatoms. The molecule has 0 rings (SSSR count). The van der Waals surface area contributed by atoms with Gasteiger partial charge >= 0.3 is 0 Å². The van der Waals surface area contributed by atoms with Crippen LogP contribution in [0.1, 0.15) is 13.3 Å². The van der Waals surface area contributed by atoms with Crippen molar-refractivity contribution in [2.75, 3.05) is 13.2 Å². The molecule has 0 radical (unpaired) electrons. The predicted octanol–water partition coefficient (Wildman–Crippen LogP) is -1.28. The van der Waals surface area contributed by atoms with E-state index in [1.165, 1.54) is 0 Å². The molecule has 0 saturated carbocycles. The van der Waals surface area contributed by atoms with Gasteiger partial charge in [-0.15, -0.1) is 0 Å². The highest BCUT2D eigenvalue weighted by molar-refractivity contribution is 4.70. The molecule has 0 spiro atoms. The zero-order valence-electron chi connectivity index (χ0n) is 6.64. The minimum absolute atomic E-state index is 0.107. The fraction of sp³-hybridized carbons (Fsp3) is 1.00. The smallest absolute Gasteiger partial charge is 0.0821 e. The molecule has 0 unspecified atom stereocenters. The molecule has 0 aromatic rings. The monoisotopic (exact) mass is 164 g/mol. The van der Waals surface area contributed by atoms with E-state index in [9.17, 15) is 5.11 Å². The van der Waals surface area contributed by atoms with Gasteiger partial charge in [-0.25, -0.2) is 0 Å². The number of aliphatic hydroxyl groups excluding tert-OH is 4. The maximum Gasteiger partial charge on any atom is 0.0821 e. The molecule has 0 fully saturated rings. The molecule has 0 aliphatic heterocycles. The molecule has 0 amide bonds. The summed E-state index contributed by atoms with van der Waals surface area (Å²) in [6.07, 6.45) is -1.42. The van der Waals surface area contributed by atoms with Crippen molar-refractivity contribution in [3.8, 4) is 0 Å². The van der Waals surface area contributed by atoms with Crippen LogP contribution in [0.15, 0.2) is 0 Å². The van der Waals surface area contributed by atoms with Gasteiger partial charge in [0.2, 0.25) is 0 Å². The first kappa shape index (κ1) is 10.8. The Balaban J connectivity index is 3.70. The van der Waals surface area contributed by atoms with Crippen LogP contribution in [0, 0.1) is 5.92 Å². The summed E-state index contributed by atoms with van der Waals surface area (Å²) in [6.45, 7) is 1.16. The molecule has 0 aliphatic carbocycles. The molecule has 4 nitrogen and oxygen atoms in total. The van der Waals surface area contributed by atoms with Gasteiger partial charge in [-0.1, -0.05) is 6.92 Å². The molecule has 0 saturated heterocycles. The van der Waals surface area contributed by atoms with Crippen molar-refractivity contribution >= 4 is 0 Å². The summed E-state index contributed by atoms with van der Waals surface area (Å²) < 4.78 is 0. The van der Waals surface area contributed by atoms with Crippen molar-refractivity contribution in [3.05, 3.63) is 0 Å². The Morgan fingerprint density at radius 3 is 2.00 bits per heavy atom. The van der Waals surface area contributed by atoms with Gasteiger partial charge in [0, 0.05) is 12.5 Å². The van der Waals surface area contributed by atoms with E-state index in [-0.39, 0.29) is 19.6 Å². The lowest BCUT2D eigenvalue weighted by Gasteiger charge is -2.21. The zero-order valence-corrected chi connectivity index (χ0v) is 6.64. The third-order valence-electron chi connectivity index (χ3n) is 1.83. The summed E-state index contributed by atoms with van der Waals surface area (Å²) in [5.41, 5.74) is 0. The zero-order chi connectivity index (χ0) is 8.85. The number of aliphatic hydroxyl groups is 4. The van der Waals surface area contributed by atoms with Crippen LogP contribution in [-0.2, 0) is 0 Å². The Labute approximate surface area is 66.1 Å². The predicted molar refractivity (Wildman–Crippen MR) is 40.0 cm³/mol. The van der Waals surface area contributed by atoms with Crippen LogP contribution in [0.4, 0.5) is 0 Å². The second kappa shape index (κ2) is 5.49. The molecule has 0 aliphatic rings. The van der Waals surface area contributed by atoms with E-state index < -0.39 is 18.1 Å². The normalized spacial score (nSPS) is 19.4. The highest BCUT2D eigenvalue weighted by Gasteiger charge is 2.20. The van der Waals surface area contributed by atoms with E-state index in [2.05, 4.69) is 0 Å². The average molecular weight is 164 g/mol. The Kier molecular flexibility index (Phi) is 5.41. The van der Waals surface area contributed by atoms with Crippen LogP contribution in [0.25, 0.3) is 0 Å². The molecule has 0 bridgehead atoms. The fourth-order valence-electron chi connectivity index (χ4n) is 0.818. The number of rotatable bonds is 5. The first-order valence-corrected chi connectivity index (χ1v) is 3.71. The Hall–Kier alpha value is -0.160. The highest BCUT2D eigenvalue weighted by Crippen LogP contribution is 2.10. The van der Waals surface area contributed by atoms with Gasteiger partial charge in [0.25, 0.3) is 0 Å². The summed E-state index contributed by atoms with van der Waals surface area (Å²) in [5, 5.41) is 35.2. The quantitative estimate of drug-likeness (QED) is 0.408. The standard InChI is InChI=1S/C7H16O4/c1-5(7(11)4-9)6(10)2-3-8/h5-11H,2-4H2,1H3/t5-,6-,7-/m0/s1. The third-order valence-corrected chi connectivity index (χ3v) is 1.83. The molecule has 4 N–H and O–H groups in total. The minimum Gasteiger partial charge on any atom is -0.396 e. The number of hydrogen-bond donors (Lipinski definition) is 4. The molecule has 11 heavy (non-hydrogen) atoms. The van der Waals surface area contributed by atoms with Gasteiger partial charge in [0.05, 0.1) is 18.8 Å². The Morgan fingerprint density at radius 1 is 1.09 bits per heavy atom. The van der Waals surface area contributed by atoms with Gasteiger partial charge in [-0.3, -0.25) is 0 Å². The largest absolute Gasteiger partial charge is 0.396 e. The van der Waals surface area contributed by atoms with Crippen molar-refractivity contribution < 1.29 is 20.4 Å². The van der Waals surface area contributed by atoms with Gasteiger partial charge in [-0.05, 0) is 6.42 Å². The molecule has 0 aromatic heterocycles. The lowest BCUT2D eigenvalue weighted by Crippen LogP contribution is -2.32. The second-order valence-corrected chi connectivity index (χ2v) is 2.69. The van der Waals surface area contributed by atoms with Gasteiger partial charge in [-0.2, -0.15) is 0 Å². The van der Waals surface area contributed by atoms with E-state index in [0.717, 1.165) is 0 Å². The Morgan fingerprint density at radius 2 is 1.64 bits per heavy atom. The second-order valence-electron chi connectivity index (χ2n) is 2.69. The maximum absolute atomic E-state index is 9.19. The van der Waals surface area contributed by atoms with Crippen molar-refractivity contribution in [1.29, 1.82) is 0 Å². The maximum atomic E-state index is 9.19. The molecular weight excluding hydrogens is 148 g/mol. The molecular formula is C7H16O4. The molecule has 0 heterocycles. The SMILES string of the molecule is C[C@H]([C@@H](O)CO)[C@@H](O)CCO. The van der Waals surface area contributed by atoms with Crippen molar-refractivity contribution in [2.24, 2.45) is 5.92 Å². The summed E-state index contributed by atoms with van der Waals surface area (Å²) >= 11 is 0. The minimum atomic E-state index is -0.906. The summed E-state index contributed by atoms with van der Waals surface area (Å²) in [5.74, 6) is -0.396. The van der Waals surface area contributed by atoms with E-state index in [1.54, 1.807) is 6.92 Å². The summed E-state index contributed by atoms with van der Waals surface area (Å²) in [7, 11) is 0. The van der Waals surface area contributed by atoms with Gasteiger partial charge < -0.3 is 20.4 Å². The first-order chi connectivity index (χ1) is 5.13. The van der Waals surface area contributed by atoms with Crippen LogP contribution < -0.4 is 0 Å². The van der Waals surface area contributed by atoms with Crippen LogP contribution in [0.3, 0.4) is 0 Å². The van der Waals surface area contributed by atoms with E-state index in [0.29, 0.717) is 0 Å². The summed E-state index contributed by atoms with van der Waals surface area (Å²) in [4.78, 5) is 0. The lowest BCUT2D eigenvalue weighted by molar-refractivity contribution is -0.0158. The first-order valence-electron chi connectivity index (χ1n) is 3.71.